The van der Waals surface area contributed by atoms with Crippen LogP contribution < -0.4 is 27.4 Å². The Morgan fingerprint density at radius 3 is 1.91 bits per heavy atom. The van der Waals surface area contributed by atoms with Crippen LogP contribution in [0.5, 0.6) is 0 Å². The fourth-order valence-electron chi connectivity index (χ4n) is 3.16. The molecule has 0 aromatic carbocycles. The number of carbonyl (C=O) groups excluding carboxylic acids is 3. The van der Waals surface area contributed by atoms with Crippen molar-refractivity contribution in [1.29, 1.82) is 0 Å². The molecular formula is C22H43N5O6. The average Bonchev–Trinajstić information content (AvgIpc) is 2.74. The minimum atomic E-state index is -1.20. The molecule has 3 amide bonds. The van der Waals surface area contributed by atoms with E-state index in [0.717, 1.165) is 0 Å². The molecule has 6 unspecified atom stereocenters. The number of aliphatic hydroxyl groups excluding tert-OH is 1. The standard InChI is InChI=1S/C22H43N5O6/c1-6-13(4)18(27-20(30)17(24)14(5)28)21(31)26-16(11-12(2)3)19(29)25-15(22(32)33)9-7-8-10-23/h12-18,28H,6-11,23-24H2,1-5H3,(H,25,29)(H,26,31)(H,27,30)(H,32,33). The Morgan fingerprint density at radius 1 is 0.879 bits per heavy atom. The SMILES string of the molecule is CCC(C)C(NC(=O)C(N)C(C)O)C(=O)NC(CC(C)C)C(=O)NC(CCCCN)C(=O)O. The fourth-order valence-corrected chi connectivity index (χ4v) is 3.16. The summed E-state index contributed by atoms with van der Waals surface area (Å²) in [4.78, 5) is 49.8. The van der Waals surface area contributed by atoms with E-state index in [0.29, 0.717) is 25.8 Å². The van der Waals surface area contributed by atoms with Crippen LogP contribution in [-0.4, -0.2) is 70.7 Å². The summed E-state index contributed by atoms with van der Waals surface area (Å²) in [6, 6.07) is -4.26. The zero-order chi connectivity index (χ0) is 25.7. The maximum absolute atomic E-state index is 13.1. The molecule has 192 valence electrons. The van der Waals surface area contributed by atoms with Crippen molar-refractivity contribution < 1.29 is 29.4 Å². The molecule has 33 heavy (non-hydrogen) atoms. The van der Waals surface area contributed by atoms with Gasteiger partial charge in [0, 0.05) is 0 Å². The van der Waals surface area contributed by atoms with Gasteiger partial charge in [-0.3, -0.25) is 14.4 Å². The van der Waals surface area contributed by atoms with E-state index in [1.54, 1.807) is 6.92 Å². The van der Waals surface area contributed by atoms with Crippen LogP contribution in [0.2, 0.25) is 0 Å². The van der Waals surface area contributed by atoms with Crippen molar-refractivity contribution in [2.75, 3.05) is 6.54 Å². The van der Waals surface area contributed by atoms with Gasteiger partial charge in [0.05, 0.1) is 6.10 Å². The summed E-state index contributed by atoms with van der Waals surface area (Å²) in [6.45, 7) is 9.16. The van der Waals surface area contributed by atoms with Crippen LogP contribution in [0.15, 0.2) is 0 Å². The summed E-state index contributed by atoms with van der Waals surface area (Å²) in [5, 5.41) is 26.8. The first-order valence-corrected chi connectivity index (χ1v) is 11.6. The number of amides is 3. The molecule has 0 fully saturated rings. The van der Waals surface area contributed by atoms with Crippen molar-refractivity contribution in [1.82, 2.24) is 16.0 Å². The van der Waals surface area contributed by atoms with Gasteiger partial charge in [0.25, 0.3) is 0 Å². The van der Waals surface area contributed by atoms with Crippen molar-refractivity contribution in [2.24, 2.45) is 23.3 Å². The van der Waals surface area contributed by atoms with Crippen LogP contribution in [0.4, 0.5) is 0 Å². The second-order valence-corrected chi connectivity index (χ2v) is 9.01. The normalized spacial score (nSPS) is 16.8. The molecule has 0 bridgehead atoms. The fraction of sp³-hybridized carbons (Fsp3) is 0.818. The second kappa shape index (κ2) is 15.6. The first-order chi connectivity index (χ1) is 15.3. The Labute approximate surface area is 196 Å². The zero-order valence-electron chi connectivity index (χ0n) is 20.5. The van der Waals surface area contributed by atoms with E-state index in [1.165, 1.54) is 6.92 Å². The molecule has 0 heterocycles. The van der Waals surface area contributed by atoms with E-state index in [-0.39, 0.29) is 24.7 Å². The number of nitrogens with two attached hydrogens (primary N) is 2. The van der Waals surface area contributed by atoms with Crippen molar-refractivity contribution in [3.63, 3.8) is 0 Å². The number of hydrogen-bond donors (Lipinski definition) is 7. The van der Waals surface area contributed by atoms with Gasteiger partial charge >= 0.3 is 5.97 Å². The molecule has 0 aliphatic carbocycles. The molecule has 0 saturated carbocycles. The first kappa shape index (κ1) is 30.8. The van der Waals surface area contributed by atoms with Gasteiger partial charge < -0.3 is 37.6 Å². The summed E-state index contributed by atoms with van der Waals surface area (Å²) in [6.07, 6.45) is 1.14. The topological polar surface area (TPSA) is 197 Å². The third-order valence-electron chi connectivity index (χ3n) is 5.52. The maximum atomic E-state index is 13.1. The van der Waals surface area contributed by atoms with Crippen LogP contribution in [0.1, 0.15) is 66.7 Å². The molecule has 6 atom stereocenters. The number of carboxylic acids is 1. The van der Waals surface area contributed by atoms with Crippen molar-refractivity contribution in [3.8, 4) is 0 Å². The summed E-state index contributed by atoms with van der Waals surface area (Å²) in [5.74, 6) is -3.27. The van der Waals surface area contributed by atoms with E-state index < -0.39 is 54.0 Å². The molecule has 0 spiro atoms. The Morgan fingerprint density at radius 2 is 1.45 bits per heavy atom. The lowest BCUT2D eigenvalue weighted by Crippen LogP contribution is -2.59. The summed E-state index contributed by atoms with van der Waals surface area (Å²) < 4.78 is 0. The molecule has 0 aliphatic rings. The number of hydrogen-bond acceptors (Lipinski definition) is 7. The number of carboxylic acid groups (broad SMARTS) is 1. The van der Waals surface area contributed by atoms with Gasteiger partial charge in [-0.2, -0.15) is 0 Å². The third-order valence-corrected chi connectivity index (χ3v) is 5.52. The van der Waals surface area contributed by atoms with Crippen LogP contribution in [-0.2, 0) is 19.2 Å². The van der Waals surface area contributed by atoms with Gasteiger partial charge in [-0.15, -0.1) is 0 Å². The van der Waals surface area contributed by atoms with Gasteiger partial charge in [-0.1, -0.05) is 34.1 Å². The van der Waals surface area contributed by atoms with E-state index in [1.807, 2.05) is 20.8 Å². The number of rotatable bonds is 16. The second-order valence-electron chi connectivity index (χ2n) is 9.01. The van der Waals surface area contributed by atoms with Crippen LogP contribution >= 0.6 is 0 Å². The summed E-state index contributed by atoms with van der Waals surface area (Å²) in [7, 11) is 0. The van der Waals surface area contributed by atoms with Gasteiger partial charge in [0.15, 0.2) is 0 Å². The summed E-state index contributed by atoms with van der Waals surface area (Å²) >= 11 is 0. The van der Waals surface area contributed by atoms with Gasteiger partial charge in [0.2, 0.25) is 17.7 Å². The lowest BCUT2D eigenvalue weighted by atomic mass is 9.96. The average molecular weight is 474 g/mol. The molecule has 0 aliphatic heterocycles. The maximum Gasteiger partial charge on any atom is 0.326 e. The van der Waals surface area contributed by atoms with Gasteiger partial charge in [-0.25, -0.2) is 4.79 Å². The molecule has 11 heteroatoms. The number of nitrogens with one attached hydrogen (secondary N) is 3. The van der Waals surface area contributed by atoms with Crippen molar-refractivity contribution >= 4 is 23.7 Å². The molecule has 0 radical (unpaired) electrons. The highest BCUT2D eigenvalue weighted by atomic mass is 16.4. The van der Waals surface area contributed by atoms with E-state index in [4.69, 9.17) is 11.5 Å². The molecular weight excluding hydrogens is 430 g/mol. The van der Waals surface area contributed by atoms with E-state index >= 15 is 0 Å². The zero-order valence-corrected chi connectivity index (χ0v) is 20.5. The minimum Gasteiger partial charge on any atom is -0.480 e. The Kier molecular flexibility index (Phi) is 14.5. The summed E-state index contributed by atoms with van der Waals surface area (Å²) in [5.41, 5.74) is 11.1. The molecule has 9 N–H and O–H groups in total. The van der Waals surface area contributed by atoms with Gasteiger partial charge in [0.1, 0.15) is 24.2 Å². The lowest BCUT2D eigenvalue weighted by Gasteiger charge is -2.29. The molecule has 0 aromatic rings. The molecule has 0 aromatic heterocycles. The highest BCUT2D eigenvalue weighted by Gasteiger charge is 2.33. The monoisotopic (exact) mass is 473 g/mol. The molecule has 0 saturated heterocycles. The largest absolute Gasteiger partial charge is 0.480 e. The van der Waals surface area contributed by atoms with E-state index in [9.17, 15) is 29.4 Å². The smallest absolute Gasteiger partial charge is 0.326 e. The highest BCUT2D eigenvalue weighted by Crippen LogP contribution is 2.12. The Balaban J connectivity index is 5.51. The predicted molar refractivity (Wildman–Crippen MR) is 125 cm³/mol. The minimum absolute atomic E-state index is 0.0295. The third kappa shape index (κ3) is 11.4. The van der Waals surface area contributed by atoms with Crippen molar-refractivity contribution in [3.05, 3.63) is 0 Å². The van der Waals surface area contributed by atoms with Crippen molar-refractivity contribution in [2.45, 2.75) is 97.0 Å². The molecule has 11 nitrogen and oxygen atoms in total. The number of unbranched alkanes of at least 4 members (excludes halogenated alkanes) is 1. The van der Waals surface area contributed by atoms with E-state index in [2.05, 4.69) is 16.0 Å². The number of aliphatic carboxylic acids is 1. The predicted octanol–water partition coefficient (Wildman–Crippen LogP) is -0.545. The number of carbonyl (C=O) groups is 4. The van der Waals surface area contributed by atoms with Gasteiger partial charge in [-0.05, 0) is 51.0 Å². The van der Waals surface area contributed by atoms with Crippen LogP contribution in [0.25, 0.3) is 0 Å². The number of aliphatic hydroxyl groups is 1. The Hall–Kier alpha value is -2.24. The van der Waals surface area contributed by atoms with Crippen LogP contribution in [0.3, 0.4) is 0 Å². The lowest BCUT2D eigenvalue weighted by molar-refractivity contribution is -0.142. The Bertz CT molecular complexity index is 643. The highest BCUT2D eigenvalue weighted by molar-refractivity contribution is 5.94. The molecule has 0 rings (SSSR count). The quantitative estimate of drug-likeness (QED) is 0.145. The van der Waals surface area contributed by atoms with Crippen LogP contribution in [0, 0.1) is 11.8 Å². The first-order valence-electron chi connectivity index (χ1n) is 11.6.